The van der Waals surface area contributed by atoms with Gasteiger partial charge in [-0.1, -0.05) is 13.8 Å². The first-order chi connectivity index (χ1) is 10.8. The van der Waals surface area contributed by atoms with E-state index in [9.17, 15) is 18.0 Å². The van der Waals surface area contributed by atoms with Crippen molar-refractivity contribution in [1.29, 1.82) is 0 Å². The van der Waals surface area contributed by atoms with Crippen LogP contribution in [0.5, 0.6) is 5.75 Å². The molecule has 2 N–H and O–H groups in total. The molecule has 0 aliphatic carbocycles. The number of amides is 1. The molecule has 1 aromatic carbocycles. The molecule has 0 bridgehead atoms. The van der Waals surface area contributed by atoms with Gasteiger partial charge < -0.3 is 15.4 Å². The maximum absolute atomic E-state index is 12.9. The van der Waals surface area contributed by atoms with Crippen LogP contribution in [0.15, 0.2) is 18.2 Å². The van der Waals surface area contributed by atoms with Crippen LogP contribution in [0.25, 0.3) is 0 Å². The molecule has 1 aliphatic heterocycles. The van der Waals surface area contributed by atoms with Crippen molar-refractivity contribution in [3.05, 3.63) is 23.8 Å². The average Bonchev–Trinajstić information content (AvgIpc) is 2.42. The fourth-order valence-electron chi connectivity index (χ4n) is 2.27. The fourth-order valence-corrected chi connectivity index (χ4v) is 2.27. The van der Waals surface area contributed by atoms with E-state index < -0.39 is 11.7 Å². The molecule has 23 heavy (non-hydrogen) atoms. The van der Waals surface area contributed by atoms with E-state index in [-0.39, 0.29) is 29.2 Å². The lowest BCUT2D eigenvalue weighted by atomic mass is 9.88. The van der Waals surface area contributed by atoms with Crippen molar-refractivity contribution in [3.63, 3.8) is 0 Å². The summed E-state index contributed by atoms with van der Waals surface area (Å²) >= 11 is 0. The van der Waals surface area contributed by atoms with Crippen LogP contribution < -0.4 is 15.4 Å². The SMILES string of the molecule is CCCOc1ccc(C(F)(F)F)cc1NC(=O)C(C)C1CNC1. The fraction of sp³-hybridized carbons (Fsp3) is 0.562. The Morgan fingerprint density at radius 2 is 2.13 bits per heavy atom. The molecule has 1 aromatic rings. The molecule has 0 radical (unpaired) electrons. The zero-order valence-corrected chi connectivity index (χ0v) is 13.2. The number of alkyl halides is 3. The van der Waals surface area contributed by atoms with Gasteiger partial charge in [-0.15, -0.1) is 0 Å². The Hall–Kier alpha value is -1.76. The lowest BCUT2D eigenvalue weighted by Gasteiger charge is -2.31. The Balaban J connectivity index is 2.19. The van der Waals surface area contributed by atoms with Crippen LogP contribution in [0.4, 0.5) is 18.9 Å². The van der Waals surface area contributed by atoms with Crippen LogP contribution in [0.2, 0.25) is 0 Å². The third-order valence-electron chi connectivity index (χ3n) is 3.96. The third kappa shape index (κ3) is 4.37. The largest absolute Gasteiger partial charge is 0.491 e. The van der Waals surface area contributed by atoms with Crippen molar-refractivity contribution in [2.75, 3.05) is 25.0 Å². The van der Waals surface area contributed by atoms with Gasteiger partial charge in [-0.2, -0.15) is 13.2 Å². The summed E-state index contributed by atoms with van der Waals surface area (Å²) in [5.41, 5.74) is -0.743. The van der Waals surface area contributed by atoms with Gasteiger partial charge in [0.2, 0.25) is 5.91 Å². The van der Waals surface area contributed by atoms with E-state index in [1.165, 1.54) is 6.07 Å². The van der Waals surface area contributed by atoms with Gasteiger partial charge in [-0.3, -0.25) is 4.79 Å². The van der Waals surface area contributed by atoms with E-state index >= 15 is 0 Å². The third-order valence-corrected chi connectivity index (χ3v) is 3.96. The molecule has 1 amide bonds. The molecule has 128 valence electrons. The molecule has 2 rings (SSSR count). The highest BCUT2D eigenvalue weighted by Crippen LogP contribution is 2.35. The molecule has 1 saturated heterocycles. The molecule has 4 nitrogen and oxygen atoms in total. The molecule has 1 unspecified atom stereocenters. The van der Waals surface area contributed by atoms with Crippen LogP contribution in [-0.2, 0) is 11.0 Å². The number of nitrogens with one attached hydrogen (secondary N) is 2. The smallest absolute Gasteiger partial charge is 0.416 e. The Kier molecular flexibility index (Phi) is 5.51. The summed E-state index contributed by atoms with van der Waals surface area (Å²) in [7, 11) is 0. The van der Waals surface area contributed by atoms with Gasteiger partial charge in [0, 0.05) is 5.92 Å². The van der Waals surface area contributed by atoms with Gasteiger partial charge in [0.25, 0.3) is 0 Å². The Bertz CT molecular complexity index is 557. The van der Waals surface area contributed by atoms with Crippen molar-refractivity contribution < 1.29 is 22.7 Å². The van der Waals surface area contributed by atoms with Crippen LogP contribution in [0.1, 0.15) is 25.8 Å². The molecule has 0 spiro atoms. The minimum absolute atomic E-state index is 0.0670. The highest BCUT2D eigenvalue weighted by molar-refractivity contribution is 5.94. The Labute approximate surface area is 133 Å². The van der Waals surface area contributed by atoms with Crippen molar-refractivity contribution >= 4 is 11.6 Å². The number of hydrogen-bond acceptors (Lipinski definition) is 3. The summed E-state index contributed by atoms with van der Waals surface area (Å²) in [6, 6.07) is 3.14. The Morgan fingerprint density at radius 3 is 2.65 bits per heavy atom. The summed E-state index contributed by atoms with van der Waals surface area (Å²) in [4.78, 5) is 12.3. The number of benzene rings is 1. The van der Waals surface area contributed by atoms with E-state index in [1.54, 1.807) is 6.92 Å². The van der Waals surface area contributed by atoms with Crippen LogP contribution in [-0.4, -0.2) is 25.6 Å². The minimum atomic E-state index is -4.47. The van der Waals surface area contributed by atoms with E-state index in [1.807, 2.05) is 6.92 Å². The second kappa shape index (κ2) is 7.21. The zero-order valence-electron chi connectivity index (χ0n) is 13.2. The standard InChI is InChI=1S/C16H21F3N2O2/c1-3-6-23-14-5-4-12(16(17,18)19)7-13(14)21-15(22)10(2)11-8-20-9-11/h4-5,7,10-11,20H,3,6,8-9H2,1-2H3,(H,21,22). The van der Waals surface area contributed by atoms with Crippen molar-refractivity contribution in [1.82, 2.24) is 5.32 Å². The molecular weight excluding hydrogens is 309 g/mol. The highest BCUT2D eigenvalue weighted by Gasteiger charge is 2.32. The summed E-state index contributed by atoms with van der Waals surface area (Å²) in [5, 5.41) is 5.66. The normalized spacial score (nSPS) is 16.6. The van der Waals surface area contributed by atoms with Crippen LogP contribution in [0.3, 0.4) is 0 Å². The average molecular weight is 330 g/mol. The maximum Gasteiger partial charge on any atom is 0.416 e. The van der Waals surface area contributed by atoms with Gasteiger partial charge in [-0.05, 0) is 43.6 Å². The summed E-state index contributed by atoms with van der Waals surface area (Å²) in [6.07, 6.45) is -3.75. The molecule has 1 aliphatic rings. The minimum Gasteiger partial charge on any atom is -0.491 e. The second-order valence-electron chi connectivity index (χ2n) is 5.75. The van der Waals surface area contributed by atoms with Crippen LogP contribution >= 0.6 is 0 Å². The van der Waals surface area contributed by atoms with Gasteiger partial charge in [0.1, 0.15) is 5.75 Å². The summed E-state index contributed by atoms with van der Waals surface area (Å²) < 4.78 is 44.1. The number of halogens is 3. The first-order valence-electron chi connectivity index (χ1n) is 7.68. The maximum atomic E-state index is 12.9. The molecule has 0 aromatic heterocycles. The molecule has 7 heteroatoms. The van der Waals surface area contributed by atoms with E-state index in [0.717, 1.165) is 31.6 Å². The molecule has 1 fully saturated rings. The van der Waals surface area contributed by atoms with Gasteiger partial charge in [0.15, 0.2) is 0 Å². The summed E-state index contributed by atoms with van der Waals surface area (Å²) in [6.45, 7) is 5.54. The quantitative estimate of drug-likeness (QED) is 0.841. The monoisotopic (exact) mass is 330 g/mol. The first kappa shape index (κ1) is 17.6. The van der Waals surface area contributed by atoms with Crippen molar-refractivity contribution in [2.24, 2.45) is 11.8 Å². The van der Waals surface area contributed by atoms with Gasteiger partial charge in [-0.25, -0.2) is 0 Å². The summed E-state index contributed by atoms with van der Waals surface area (Å²) in [5.74, 6) is -0.102. The predicted octanol–water partition coefficient (Wildman–Crippen LogP) is 3.29. The predicted molar refractivity (Wildman–Crippen MR) is 81.4 cm³/mol. The van der Waals surface area contributed by atoms with E-state index in [0.29, 0.717) is 6.61 Å². The second-order valence-corrected chi connectivity index (χ2v) is 5.75. The van der Waals surface area contributed by atoms with E-state index in [4.69, 9.17) is 4.74 Å². The number of carbonyl (C=O) groups excluding carboxylic acids is 1. The highest BCUT2D eigenvalue weighted by atomic mass is 19.4. The molecule has 1 heterocycles. The number of hydrogen-bond donors (Lipinski definition) is 2. The number of ether oxygens (including phenoxy) is 1. The molecule has 1 atom stereocenters. The van der Waals surface area contributed by atoms with E-state index in [2.05, 4.69) is 10.6 Å². The number of anilines is 1. The first-order valence-corrected chi connectivity index (χ1v) is 7.68. The van der Waals surface area contributed by atoms with Crippen molar-refractivity contribution in [3.8, 4) is 5.75 Å². The number of rotatable bonds is 6. The topological polar surface area (TPSA) is 50.4 Å². The zero-order chi connectivity index (χ0) is 17.0. The van der Waals surface area contributed by atoms with Gasteiger partial charge >= 0.3 is 6.18 Å². The lowest BCUT2D eigenvalue weighted by molar-refractivity contribution is -0.137. The Morgan fingerprint density at radius 1 is 1.43 bits per heavy atom. The van der Waals surface area contributed by atoms with Crippen molar-refractivity contribution in [2.45, 2.75) is 26.4 Å². The van der Waals surface area contributed by atoms with Crippen LogP contribution in [0, 0.1) is 11.8 Å². The molecular formula is C16H21F3N2O2. The molecule has 0 saturated carbocycles. The lowest BCUT2D eigenvalue weighted by Crippen LogP contribution is -2.48. The van der Waals surface area contributed by atoms with Gasteiger partial charge in [0.05, 0.1) is 17.9 Å². The number of carbonyl (C=O) groups is 1.